The summed E-state index contributed by atoms with van der Waals surface area (Å²) in [7, 11) is 0. The van der Waals surface area contributed by atoms with E-state index >= 15 is 0 Å². The van der Waals surface area contributed by atoms with Crippen LogP contribution in [0.25, 0.3) is 11.3 Å². The summed E-state index contributed by atoms with van der Waals surface area (Å²) in [6, 6.07) is 6.33. The van der Waals surface area contributed by atoms with Gasteiger partial charge in [0.05, 0.1) is 11.4 Å². The number of rotatable bonds is 3. The molecule has 1 aromatic heterocycles. The molecule has 0 N–H and O–H groups in total. The van der Waals surface area contributed by atoms with E-state index in [0.29, 0.717) is 5.92 Å². The highest BCUT2D eigenvalue weighted by Gasteiger charge is 2.23. The van der Waals surface area contributed by atoms with Gasteiger partial charge in [0.1, 0.15) is 5.82 Å². The molecule has 120 valence electrons. The molecule has 1 aliphatic heterocycles. The number of hydrogen-bond donors (Lipinski definition) is 0. The Morgan fingerprint density at radius 1 is 1.26 bits per heavy atom. The van der Waals surface area contributed by atoms with Gasteiger partial charge in [-0.1, -0.05) is 0 Å². The number of halogens is 1. The Hall–Kier alpha value is -2.30. The molecular formula is C18H20FN3O. The highest BCUT2D eigenvalue weighted by molar-refractivity contribution is 5.73. The third kappa shape index (κ3) is 3.73. The summed E-state index contributed by atoms with van der Waals surface area (Å²) in [5.41, 5.74) is 2.58. The molecule has 1 aromatic carbocycles. The molecule has 1 aliphatic rings. The average Bonchev–Trinajstić information content (AvgIpc) is 2.56. The van der Waals surface area contributed by atoms with Crippen LogP contribution < -0.4 is 0 Å². The van der Waals surface area contributed by atoms with Crippen molar-refractivity contribution in [3.63, 3.8) is 0 Å². The minimum Gasteiger partial charge on any atom is -0.343 e. The quantitative estimate of drug-likeness (QED) is 0.875. The number of benzene rings is 1. The smallest absolute Gasteiger partial charge is 0.219 e. The first-order valence-corrected chi connectivity index (χ1v) is 7.95. The zero-order valence-corrected chi connectivity index (χ0v) is 13.2. The van der Waals surface area contributed by atoms with Crippen LogP contribution in [0.4, 0.5) is 4.39 Å². The molecule has 1 amide bonds. The number of piperidine rings is 1. The SMILES string of the molecule is CC(=O)N1CCC[C@@H](Cc2nccnc2-c2ccc(F)cc2)C1. The predicted octanol–water partition coefficient (Wildman–Crippen LogP) is 3.08. The molecule has 3 rings (SSSR count). The molecule has 1 saturated heterocycles. The van der Waals surface area contributed by atoms with Gasteiger partial charge in [-0.3, -0.25) is 14.8 Å². The number of hydrogen-bond acceptors (Lipinski definition) is 3. The van der Waals surface area contributed by atoms with E-state index in [-0.39, 0.29) is 11.7 Å². The van der Waals surface area contributed by atoms with E-state index in [0.717, 1.165) is 49.3 Å². The second-order valence-electron chi connectivity index (χ2n) is 6.04. The summed E-state index contributed by atoms with van der Waals surface area (Å²) in [4.78, 5) is 22.4. The van der Waals surface area contributed by atoms with E-state index in [4.69, 9.17) is 0 Å². The van der Waals surface area contributed by atoms with Gasteiger partial charge in [-0.25, -0.2) is 4.39 Å². The molecule has 5 heteroatoms. The average molecular weight is 313 g/mol. The normalized spacial score (nSPS) is 18.0. The summed E-state index contributed by atoms with van der Waals surface area (Å²) >= 11 is 0. The van der Waals surface area contributed by atoms with E-state index in [1.165, 1.54) is 12.1 Å². The number of amides is 1. The van der Waals surface area contributed by atoms with Gasteiger partial charge in [0, 0.05) is 38.0 Å². The summed E-state index contributed by atoms with van der Waals surface area (Å²) in [6.07, 6.45) is 6.24. The lowest BCUT2D eigenvalue weighted by Gasteiger charge is -2.32. The van der Waals surface area contributed by atoms with Gasteiger partial charge in [0.2, 0.25) is 5.91 Å². The van der Waals surface area contributed by atoms with Gasteiger partial charge in [0.25, 0.3) is 0 Å². The van der Waals surface area contributed by atoms with Crippen LogP contribution in [0.5, 0.6) is 0 Å². The van der Waals surface area contributed by atoms with Crippen LogP contribution in [0.15, 0.2) is 36.7 Å². The number of carbonyl (C=O) groups is 1. The Bertz CT molecular complexity index is 687. The van der Waals surface area contributed by atoms with Crippen molar-refractivity contribution in [2.45, 2.75) is 26.2 Å². The fourth-order valence-electron chi connectivity index (χ4n) is 3.16. The first kappa shape index (κ1) is 15.6. The lowest BCUT2D eigenvalue weighted by atomic mass is 9.91. The highest BCUT2D eigenvalue weighted by atomic mass is 19.1. The maximum Gasteiger partial charge on any atom is 0.219 e. The summed E-state index contributed by atoms with van der Waals surface area (Å²) in [6.45, 7) is 3.24. The van der Waals surface area contributed by atoms with Gasteiger partial charge < -0.3 is 4.90 Å². The Kier molecular flexibility index (Phi) is 4.65. The zero-order chi connectivity index (χ0) is 16.2. The third-order valence-electron chi connectivity index (χ3n) is 4.34. The molecule has 0 saturated carbocycles. The number of carbonyl (C=O) groups excluding carboxylic acids is 1. The molecule has 0 spiro atoms. The zero-order valence-electron chi connectivity index (χ0n) is 13.2. The Balaban J connectivity index is 1.80. The summed E-state index contributed by atoms with van der Waals surface area (Å²) in [5, 5.41) is 0. The molecule has 4 nitrogen and oxygen atoms in total. The van der Waals surface area contributed by atoms with Crippen molar-refractivity contribution in [2.75, 3.05) is 13.1 Å². The van der Waals surface area contributed by atoms with Crippen LogP contribution >= 0.6 is 0 Å². The van der Waals surface area contributed by atoms with Crippen LogP contribution in [-0.4, -0.2) is 33.9 Å². The van der Waals surface area contributed by atoms with Crippen LogP contribution in [0, 0.1) is 11.7 Å². The largest absolute Gasteiger partial charge is 0.343 e. The molecule has 2 heterocycles. The van der Waals surface area contributed by atoms with E-state index in [1.54, 1.807) is 31.5 Å². The van der Waals surface area contributed by atoms with Gasteiger partial charge in [-0.15, -0.1) is 0 Å². The summed E-state index contributed by atoms with van der Waals surface area (Å²) in [5.74, 6) is 0.264. The van der Waals surface area contributed by atoms with Crippen molar-refractivity contribution < 1.29 is 9.18 Å². The number of nitrogens with zero attached hydrogens (tertiary/aromatic N) is 3. The Labute approximate surface area is 135 Å². The fraction of sp³-hybridized carbons (Fsp3) is 0.389. The van der Waals surface area contributed by atoms with Crippen molar-refractivity contribution in [1.29, 1.82) is 0 Å². The first-order chi connectivity index (χ1) is 11.1. The van der Waals surface area contributed by atoms with Gasteiger partial charge >= 0.3 is 0 Å². The molecule has 1 fully saturated rings. The first-order valence-electron chi connectivity index (χ1n) is 7.95. The monoisotopic (exact) mass is 313 g/mol. The minimum absolute atomic E-state index is 0.132. The molecule has 0 radical (unpaired) electrons. The standard InChI is InChI=1S/C18H20FN3O/c1-13(23)22-10-2-3-14(12-22)11-17-18(21-9-8-20-17)15-4-6-16(19)7-5-15/h4-9,14H,2-3,10-12H2,1H3/t14-/m0/s1. The van der Waals surface area contributed by atoms with Gasteiger partial charge in [0.15, 0.2) is 0 Å². The maximum absolute atomic E-state index is 13.1. The van der Waals surface area contributed by atoms with Crippen LogP contribution in [0.3, 0.4) is 0 Å². The van der Waals surface area contributed by atoms with E-state index in [9.17, 15) is 9.18 Å². The van der Waals surface area contributed by atoms with E-state index in [1.807, 2.05) is 4.90 Å². The molecular weight excluding hydrogens is 293 g/mol. The number of aromatic nitrogens is 2. The van der Waals surface area contributed by atoms with Gasteiger partial charge in [-0.05, 0) is 49.4 Å². The van der Waals surface area contributed by atoms with Crippen LogP contribution in [-0.2, 0) is 11.2 Å². The second-order valence-corrected chi connectivity index (χ2v) is 6.04. The molecule has 0 aliphatic carbocycles. The number of likely N-dealkylation sites (tertiary alicyclic amines) is 1. The maximum atomic E-state index is 13.1. The van der Waals surface area contributed by atoms with Crippen LogP contribution in [0.1, 0.15) is 25.5 Å². The molecule has 2 aromatic rings. The highest BCUT2D eigenvalue weighted by Crippen LogP contribution is 2.25. The molecule has 0 bridgehead atoms. The molecule has 0 unspecified atom stereocenters. The van der Waals surface area contributed by atoms with Crippen molar-refractivity contribution in [3.05, 3.63) is 48.2 Å². The third-order valence-corrected chi connectivity index (χ3v) is 4.34. The van der Waals surface area contributed by atoms with Crippen molar-refractivity contribution in [2.24, 2.45) is 5.92 Å². The van der Waals surface area contributed by atoms with Crippen molar-refractivity contribution in [3.8, 4) is 11.3 Å². The minimum atomic E-state index is -0.261. The Morgan fingerprint density at radius 2 is 2.00 bits per heavy atom. The molecule has 23 heavy (non-hydrogen) atoms. The Morgan fingerprint density at radius 3 is 2.74 bits per heavy atom. The van der Waals surface area contributed by atoms with E-state index < -0.39 is 0 Å². The lowest BCUT2D eigenvalue weighted by molar-refractivity contribution is -0.130. The second kappa shape index (κ2) is 6.86. The summed E-state index contributed by atoms with van der Waals surface area (Å²) < 4.78 is 13.1. The van der Waals surface area contributed by atoms with E-state index in [2.05, 4.69) is 9.97 Å². The predicted molar refractivity (Wildman–Crippen MR) is 86.1 cm³/mol. The van der Waals surface area contributed by atoms with Gasteiger partial charge in [-0.2, -0.15) is 0 Å². The topological polar surface area (TPSA) is 46.1 Å². The van der Waals surface area contributed by atoms with Crippen molar-refractivity contribution >= 4 is 5.91 Å². The molecule has 1 atom stereocenters. The van der Waals surface area contributed by atoms with Crippen LogP contribution in [0.2, 0.25) is 0 Å². The lowest BCUT2D eigenvalue weighted by Crippen LogP contribution is -2.39. The fourth-order valence-corrected chi connectivity index (χ4v) is 3.16. The van der Waals surface area contributed by atoms with Crippen molar-refractivity contribution in [1.82, 2.24) is 14.9 Å².